The van der Waals surface area contributed by atoms with Crippen molar-refractivity contribution < 1.29 is 4.74 Å². The van der Waals surface area contributed by atoms with Gasteiger partial charge in [-0.25, -0.2) is 0 Å². The van der Waals surface area contributed by atoms with Crippen molar-refractivity contribution in [1.82, 2.24) is 5.32 Å². The van der Waals surface area contributed by atoms with Crippen molar-refractivity contribution >= 4 is 15.9 Å². The minimum absolute atomic E-state index is 0.145. The average Bonchev–Trinajstić information content (AvgIpc) is 2.29. The fraction of sp³-hybridized carbons (Fsp3) is 0.571. The summed E-state index contributed by atoms with van der Waals surface area (Å²) in [6.45, 7) is 6.10. The molecule has 0 bridgehead atoms. The zero-order valence-corrected chi connectivity index (χ0v) is 12.5. The second-order valence-electron chi connectivity index (χ2n) is 4.65. The van der Waals surface area contributed by atoms with Crippen LogP contribution in [0.1, 0.15) is 31.9 Å². The molecule has 0 saturated carbocycles. The molecule has 0 spiro atoms. The van der Waals surface area contributed by atoms with E-state index in [4.69, 9.17) is 4.74 Å². The lowest BCUT2D eigenvalue weighted by atomic mass is 10.1. The number of likely N-dealkylation sites (N-methyl/N-ethyl adjacent to an activating group) is 1. The van der Waals surface area contributed by atoms with E-state index in [1.165, 1.54) is 5.56 Å². The molecule has 0 aliphatic carbocycles. The van der Waals surface area contributed by atoms with Gasteiger partial charge < -0.3 is 10.1 Å². The van der Waals surface area contributed by atoms with Gasteiger partial charge in [-0.15, -0.1) is 0 Å². The van der Waals surface area contributed by atoms with E-state index in [2.05, 4.69) is 59.4 Å². The summed E-state index contributed by atoms with van der Waals surface area (Å²) in [7, 11) is 1.96. The Balaban J connectivity index is 2.55. The molecular weight excluding hydrogens is 278 g/mol. The van der Waals surface area contributed by atoms with E-state index in [0.717, 1.165) is 24.0 Å². The first-order valence-electron chi connectivity index (χ1n) is 6.15. The van der Waals surface area contributed by atoms with Crippen LogP contribution in [0.15, 0.2) is 28.7 Å². The van der Waals surface area contributed by atoms with E-state index in [9.17, 15) is 0 Å². The maximum atomic E-state index is 5.94. The molecule has 0 fully saturated rings. The second kappa shape index (κ2) is 7.85. The van der Waals surface area contributed by atoms with Crippen molar-refractivity contribution in [3.05, 3.63) is 34.3 Å². The maximum absolute atomic E-state index is 5.94. The third-order valence-electron chi connectivity index (χ3n) is 2.65. The smallest absolute Gasteiger partial charge is 0.0949 e. The van der Waals surface area contributed by atoms with Gasteiger partial charge in [-0.2, -0.15) is 0 Å². The van der Waals surface area contributed by atoms with E-state index >= 15 is 0 Å². The summed E-state index contributed by atoms with van der Waals surface area (Å²) in [5, 5.41) is 3.18. The monoisotopic (exact) mass is 299 g/mol. The number of hydrogen-bond acceptors (Lipinski definition) is 2. The zero-order chi connectivity index (χ0) is 12.7. The minimum atomic E-state index is 0.145. The van der Waals surface area contributed by atoms with Crippen molar-refractivity contribution in [1.29, 1.82) is 0 Å². The number of hydrogen-bond donors (Lipinski definition) is 1. The molecule has 0 amide bonds. The van der Waals surface area contributed by atoms with Crippen LogP contribution < -0.4 is 5.32 Å². The third kappa shape index (κ3) is 5.66. The minimum Gasteiger partial charge on any atom is -0.372 e. The summed E-state index contributed by atoms with van der Waals surface area (Å²) in [6.07, 6.45) is 1.25. The molecule has 0 aromatic heterocycles. The molecule has 1 aromatic rings. The van der Waals surface area contributed by atoms with Gasteiger partial charge in [0, 0.05) is 17.6 Å². The molecule has 0 radical (unpaired) electrons. The van der Waals surface area contributed by atoms with Crippen LogP contribution in [0, 0.1) is 5.92 Å². The molecule has 2 nitrogen and oxygen atoms in total. The van der Waals surface area contributed by atoms with Gasteiger partial charge in [0.05, 0.1) is 6.10 Å². The number of nitrogens with one attached hydrogen (secondary N) is 1. The van der Waals surface area contributed by atoms with E-state index in [0.29, 0.717) is 5.92 Å². The number of halogens is 1. The first-order chi connectivity index (χ1) is 8.13. The average molecular weight is 300 g/mol. The van der Waals surface area contributed by atoms with Gasteiger partial charge in [0.15, 0.2) is 0 Å². The van der Waals surface area contributed by atoms with Crippen LogP contribution in [0.2, 0.25) is 0 Å². The molecule has 3 heteroatoms. The highest BCUT2D eigenvalue weighted by Gasteiger charge is 2.11. The van der Waals surface area contributed by atoms with Crippen LogP contribution >= 0.6 is 15.9 Å². The molecule has 1 rings (SSSR count). The first kappa shape index (κ1) is 14.7. The lowest BCUT2D eigenvalue weighted by Gasteiger charge is -2.19. The molecule has 17 heavy (non-hydrogen) atoms. The van der Waals surface area contributed by atoms with Crippen LogP contribution in [0.25, 0.3) is 0 Å². The Bertz CT molecular complexity index is 311. The van der Waals surface area contributed by atoms with Crippen molar-refractivity contribution in [2.24, 2.45) is 5.92 Å². The van der Waals surface area contributed by atoms with Gasteiger partial charge in [0.2, 0.25) is 0 Å². The van der Waals surface area contributed by atoms with Gasteiger partial charge >= 0.3 is 0 Å². The Labute approximate surface area is 113 Å². The summed E-state index contributed by atoms with van der Waals surface area (Å²) in [4.78, 5) is 0. The molecule has 1 aromatic carbocycles. The van der Waals surface area contributed by atoms with Gasteiger partial charge in [-0.3, -0.25) is 0 Å². The Kier molecular flexibility index (Phi) is 6.78. The number of benzene rings is 1. The molecule has 1 N–H and O–H groups in total. The van der Waals surface area contributed by atoms with Gasteiger partial charge in [0.25, 0.3) is 0 Å². The Morgan fingerprint density at radius 2 is 1.88 bits per heavy atom. The summed E-state index contributed by atoms with van der Waals surface area (Å²) >= 11 is 3.45. The van der Waals surface area contributed by atoms with Crippen LogP contribution in [-0.2, 0) is 4.74 Å². The molecule has 0 aliphatic heterocycles. The van der Waals surface area contributed by atoms with Gasteiger partial charge in [-0.05, 0) is 37.1 Å². The zero-order valence-electron chi connectivity index (χ0n) is 10.9. The summed E-state index contributed by atoms with van der Waals surface area (Å²) in [5.74, 6) is 0.690. The first-order valence-corrected chi connectivity index (χ1v) is 6.94. The van der Waals surface area contributed by atoms with Crippen LogP contribution in [0.3, 0.4) is 0 Å². The molecule has 1 unspecified atom stereocenters. The van der Waals surface area contributed by atoms with Crippen molar-refractivity contribution in [2.75, 3.05) is 20.2 Å². The molecule has 0 aliphatic rings. The Morgan fingerprint density at radius 1 is 1.24 bits per heavy atom. The fourth-order valence-electron chi connectivity index (χ4n) is 1.58. The topological polar surface area (TPSA) is 21.3 Å². The lowest BCUT2D eigenvalue weighted by Crippen LogP contribution is -2.20. The number of rotatable bonds is 7. The van der Waals surface area contributed by atoms with Crippen molar-refractivity contribution in [2.45, 2.75) is 26.4 Å². The van der Waals surface area contributed by atoms with Crippen LogP contribution in [-0.4, -0.2) is 20.2 Å². The van der Waals surface area contributed by atoms with Crippen LogP contribution in [0.5, 0.6) is 0 Å². The standard InChI is InChI=1S/C14H22BrNO/c1-11(2)8-9-17-14(10-16-3)12-4-6-13(15)7-5-12/h4-7,11,14,16H,8-10H2,1-3H3. The highest BCUT2D eigenvalue weighted by molar-refractivity contribution is 9.10. The third-order valence-corrected chi connectivity index (χ3v) is 3.17. The van der Waals surface area contributed by atoms with E-state index in [1.54, 1.807) is 0 Å². The largest absolute Gasteiger partial charge is 0.372 e. The van der Waals surface area contributed by atoms with E-state index in [-0.39, 0.29) is 6.10 Å². The summed E-state index contributed by atoms with van der Waals surface area (Å²) in [6, 6.07) is 8.34. The summed E-state index contributed by atoms with van der Waals surface area (Å²) < 4.78 is 7.04. The predicted molar refractivity (Wildman–Crippen MR) is 76.2 cm³/mol. The molecule has 1 atom stereocenters. The summed E-state index contributed by atoms with van der Waals surface area (Å²) in [5.41, 5.74) is 1.23. The van der Waals surface area contributed by atoms with Gasteiger partial charge in [-0.1, -0.05) is 41.9 Å². The lowest BCUT2D eigenvalue weighted by molar-refractivity contribution is 0.0470. The molecule has 0 heterocycles. The predicted octanol–water partition coefficient (Wildman–Crippen LogP) is 3.77. The van der Waals surface area contributed by atoms with E-state index in [1.807, 2.05) is 7.05 Å². The van der Waals surface area contributed by atoms with Crippen molar-refractivity contribution in [3.63, 3.8) is 0 Å². The normalized spacial score (nSPS) is 13.0. The van der Waals surface area contributed by atoms with E-state index < -0.39 is 0 Å². The fourth-order valence-corrected chi connectivity index (χ4v) is 1.85. The Morgan fingerprint density at radius 3 is 2.41 bits per heavy atom. The quantitative estimate of drug-likeness (QED) is 0.827. The molecule has 0 saturated heterocycles. The van der Waals surface area contributed by atoms with Crippen molar-refractivity contribution in [3.8, 4) is 0 Å². The highest BCUT2D eigenvalue weighted by atomic mass is 79.9. The molecular formula is C14H22BrNO. The molecule has 96 valence electrons. The highest BCUT2D eigenvalue weighted by Crippen LogP contribution is 2.20. The SMILES string of the molecule is CNCC(OCCC(C)C)c1ccc(Br)cc1. The second-order valence-corrected chi connectivity index (χ2v) is 5.57. The number of ether oxygens (including phenoxy) is 1. The van der Waals surface area contributed by atoms with Crippen LogP contribution in [0.4, 0.5) is 0 Å². The maximum Gasteiger partial charge on any atom is 0.0949 e. The van der Waals surface area contributed by atoms with Gasteiger partial charge in [0.1, 0.15) is 0 Å². The Hall–Kier alpha value is -0.380.